The van der Waals surface area contributed by atoms with Crippen molar-refractivity contribution >= 4 is 55.6 Å². The first-order valence-electron chi connectivity index (χ1n) is 11.8. The van der Waals surface area contributed by atoms with Gasteiger partial charge in [0.25, 0.3) is 0 Å². The average molecular weight is 537 g/mol. The molecule has 2 amide bonds. The van der Waals surface area contributed by atoms with Crippen LogP contribution in [-0.2, 0) is 37.5 Å². The highest BCUT2D eigenvalue weighted by molar-refractivity contribution is 7.80. The third-order valence-corrected chi connectivity index (χ3v) is 5.83. The molecule has 0 radical (unpaired) electrons. The summed E-state index contributed by atoms with van der Waals surface area (Å²) in [5, 5.41) is 8.82. The molecule has 37 heavy (non-hydrogen) atoms. The van der Waals surface area contributed by atoms with Crippen LogP contribution in [0.5, 0.6) is 0 Å². The summed E-state index contributed by atoms with van der Waals surface area (Å²) in [6.45, 7) is 6.36. The largest absolute Gasteiger partial charge is 0.450 e. The lowest BCUT2D eigenvalue weighted by Gasteiger charge is -2.12. The molecule has 3 rings (SSSR count). The zero-order chi connectivity index (χ0) is 27.6. The molecule has 1 heterocycles. The predicted octanol–water partition coefficient (Wildman–Crippen LogP) is 4.73. The lowest BCUT2D eigenvalue weighted by molar-refractivity contribution is -0.651. The van der Waals surface area contributed by atoms with Crippen LogP contribution in [0.25, 0.3) is 21.7 Å². The molecular formula is C25H34N3O8S+. The van der Waals surface area contributed by atoms with E-state index < -0.39 is 22.6 Å². The molecule has 0 saturated carbocycles. The molecule has 1 aromatic heterocycles. The van der Waals surface area contributed by atoms with Gasteiger partial charge in [0.2, 0.25) is 5.52 Å². The number of carbonyl (C=O) groups is 2. The summed E-state index contributed by atoms with van der Waals surface area (Å²) in [4.78, 5) is 23.7. The maximum Gasteiger partial charge on any atom is 0.411 e. The molecule has 12 heteroatoms. The summed E-state index contributed by atoms with van der Waals surface area (Å²) in [6, 6.07) is 11.7. The third-order valence-electron chi connectivity index (χ3n) is 5.41. The van der Waals surface area contributed by atoms with E-state index in [1.807, 2.05) is 43.4 Å². The van der Waals surface area contributed by atoms with Crippen molar-refractivity contribution in [2.75, 3.05) is 31.0 Å². The van der Waals surface area contributed by atoms with Gasteiger partial charge in [-0.05, 0) is 44.5 Å². The Bertz CT molecular complexity index is 1360. The number of nitrogens with zero attached hydrogens (tertiary/aromatic N) is 1. The predicted molar refractivity (Wildman–Crippen MR) is 141 cm³/mol. The number of hydrogen-bond donors (Lipinski definition) is 3. The number of aryl methyl sites for hydroxylation is 2. The zero-order valence-electron chi connectivity index (χ0n) is 21.7. The van der Waals surface area contributed by atoms with Crippen LogP contribution in [0.2, 0.25) is 0 Å². The normalized spacial score (nSPS) is 11.0. The van der Waals surface area contributed by atoms with Crippen molar-refractivity contribution in [2.24, 2.45) is 7.05 Å². The van der Waals surface area contributed by atoms with E-state index in [1.165, 1.54) is 5.69 Å². The van der Waals surface area contributed by atoms with Crippen molar-refractivity contribution in [1.82, 2.24) is 0 Å². The van der Waals surface area contributed by atoms with E-state index in [2.05, 4.69) is 26.3 Å². The molecule has 0 spiro atoms. The maximum atomic E-state index is 11.9. The summed E-state index contributed by atoms with van der Waals surface area (Å²) in [7, 11) is -1.26. The Kier molecular flexibility index (Phi) is 11.0. The Balaban J connectivity index is 0.000000717. The first kappa shape index (κ1) is 29.7. The van der Waals surface area contributed by atoms with Gasteiger partial charge in [0.15, 0.2) is 5.69 Å². The minimum atomic E-state index is -4.16. The van der Waals surface area contributed by atoms with Gasteiger partial charge >= 0.3 is 22.6 Å². The standard InChI is InChI=1S/C24H29N3O4.CH4O4S/c1-5-8-9-21-20-14-16(25-23(28)30-6-2)10-12-18(20)19-13-11-17(15-22(19)27(21)4)26-24(29)31-7-3;1-5-6(2,3)4/h10-15H,5-9H2,1-4H3,(H,25,28);1H3,(H,2,3,4)/p+1. The first-order valence-corrected chi connectivity index (χ1v) is 13.2. The Morgan fingerprint density at radius 1 is 0.892 bits per heavy atom. The lowest BCUT2D eigenvalue weighted by atomic mass is 9.99. The number of benzene rings is 2. The van der Waals surface area contributed by atoms with E-state index in [-0.39, 0.29) is 0 Å². The fourth-order valence-electron chi connectivity index (χ4n) is 3.75. The molecule has 0 bridgehead atoms. The number of ether oxygens (including phenoxy) is 2. The minimum Gasteiger partial charge on any atom is -0.450 e. The van der Waals surface area contributed by atoms with Crippen LogP contribution in [0.4, 0.5) is 21.0 Å². The monoisotopic (exact) mass is 536 g/mol. The number of unbranched alkanes of at least 4 members (excludes halogenated alkanes) is 1. The van der Waals surface area contributed by atoms with Gasteiger partial charge in [0.05, 0.1) is 36.8 Å². The Hall–Kier alpha value is -3.48. The van der Waals surface area contributed by atoms with Gasteiger partial charge in [-0.2, -0.15) is 13.0 Å². The SMILES string of the molecule is CCCCc1c2cc(NC(=O)OCC)ccc2c2ccc(NC(=O)OCC)cc2[n+]1C.COS(=O)(=O)O. The molecule has 0 unspecified atom stereocenters. The molecule has 2 aromatic carbocycles. The molecule has 0 aliphatic carbocycles. The van der Waals surface area contributed by atoms with Gasteiger partial charge in [-0.25, -0.2) is 9.59 Å². The molecule has 0 fully saturated rings. The first-order chi connectivity index (χ1) is 17.5. The van der Waals surface area contributed by atoms with Gasteiger partial charge in [-0.15, -0.1) is 0 Å². The van der Waals surface area contributed by atoms with Crippen LogP contribution in [0.3, 0.4) is 0 Å². The molecule has 3 aromatic rings. The summed E-state index contributed by atoms with van der Waals surface area (Å²) in [5.41, 5.74) is 3.57. The minimum absolute atomic E-state index is 0.321. The van der Waals surface area contributed by atoms with Gasteiger partial charge in [0.1, 0.15) is 7.05 Å². The molecule has 0 saturated heterocycles. The van der Waals surface area contributed by atoms with Crippen LogP contribution < -0.4 is 15.2 Å². The summed E-state index contributed by atoms with van der Waals surface area (Å²) >= 11 is 0. The van der Waals surface area contributed by atoms with E-state index in [0.29, 0.717) is 24.6 Å². The summed E-state index contributed by atoms with van der Waals surface area (Å²) in [6.07, 6.45) is 2.09. The quantitative estimate of drug-likeness (QED) is 0.213. The second kappa shape index (κ2) is 13.7. The Labute approximate surface area is 216 Å². The maximum absolute atomic E-state index is 11.9. The van der Waals surface area contributed by atoms with Crippen molar-refractivity contribution in [2.45, 2.75) is 40.0 Å². The van der Waals surface area contributed by atoms with Crippen LogP contribution >= 0.6 is 0 Å². The number of carbonyl (C=O) groups excluding carboxylic acids is 2. The summed E-state index contributed by atoms with van der Waals surface area (Å²) < 4.78 is 41.9. The van der Waals surface area contributed by atoms with Crippen molar-refractivity contribution in [1.29, 1.82) is 0 Å². The Morgan fingerprint density at radius 2 is 1.41 bits per heavy atom. The van der Waals surface area contributed by atoms with Crippen LogP contribution in [-0.4, -0.2) is 45.5 Å². The molecule has 0 aliphatic rings. The van der Waals surface area contributed by atoms with Gasteiger partial charge < -0.3 is 9.47 Å². The number of amides is 2. The average Bonchev–Trinajstić information content (AvgIpc) is 2.84. The highest BCUT2D eigenvalue weighted by Crippen LogP contribution is 2.30. The van der Waals surface area contributed by atoms with Crippen LogP contribution in [0.1, 0.15) is 39.3 Å². The Morgan fingerprint density at radius 3 is 1.89 bits per heavy atom. The van der Waals surface area contributed by atoms with E-state index in [0.717, 1.165) is 48.0 Å². The number of rotatable bonds is 8. The number of pyridine rings is 1. The van der Waals surface area contributed by atoms with Gasteiger partial charge in [-0.3, -0.25) is 19.4 Å². The smallest absolute Gasteiger partial charge is 0.411 e. The third kappa shape index (κ3) is 8.55. The number of hydrogen-bond acceptors (Lipinski definition) is 7. The van der Waals surface area contributed by atoms with E-state index >= 15 is 0 Å². The number of aromatic nitrogens is 1. The summed E-state index contributed by atoms with van der Waals surface area (Å²) in [5.74, 6) is 0. The second-order valence-corrected chi connectivity index (χ2v) is 9.08. The van der Waals surface area contributed by atoms with Crippen molar-refractivity contribution in [3.63, 3.8) is 0 Å². The molecule has 3 N–H and O–H groups in total. The lowest BCUT2D eigenvalue weighted by Crippen LogP contribution is -2.35. The second-order valence-electron chi connectivity index (χ2n) is 7.89. The van der Waals surface area contributed by atoms with Gasteiger partial charge in [-0.1, -0.05) is 19.4 Å². The number of fused-ring (bicyclic) bond motifs is 3. The highest BCUT2D eigenvalue weighted by Gasteiger charge is 2.20. The fourth-order valence-corrected chi connectivity index (χ4v) is 3.75. The van der Waals surface area contributed by atoms with Crippen molar-refractivity contribution < 1.29 is 40.8 Å². The van der Waals surface area contributed by atoms with E-state index in [1.54, 1.807) is 13.8 Å². The van der Waals surface area contributed by atoms with Crippen LogP contribution in [0, 0.1) is 0 Å². The van der Waals surface area contributed by atoms with Crippen molar-refractivity contribution in [3.8, 4) is 0 Å². The fraction of sp³-hybridized carbons (Fsp3) is 0.400. The zero-order valence-corrected chi connectivity index (χ0v) is 22.5. The molecule has 0 aliphatic heterocycles. The molecule has 202 valence electrons. The van der Waals surface area contributed by atoms with Crippen molar-refractivity contribution in [3.05, 3.63) is 42.1 Å². The molecule has 11 nitrogen and oxygen atoms in total. The number of nitrogens with one attached hydrogen (secondary N) is 2. The topological polar surface area (TPSA) is 144 Å². The highest BCUT2D eigenvalue weighted by atomic mass is 32.3. The van der Waals surface area contributed by atoms with Crippen LogP contribution in [0.15, 0.2) is 36.4 Å². The molecular weight excluding hydrogens is 502 g/mol. The number of anilines is 2. The van der Waals surface area contributed by atoms with E-state index in [9.17, 15) is 18.0 Å². The van der Waals surface area contributed by atoms with E-state index in [4.69, 9.17) is 14.0 Å². The molecule has 0 atom stereocenters. The van der Waals surface area contributed by atoms with Gasteiger partial charge in [0, 0.05) is 23.6 Å².